The van der Waals surface area contributed by atoms with Crippen LogP contribution < -0.4 is 10.1 Å². The lowest BCUT2D eigenvalue weighted by Gasteiger charge is -2.37. The number of aromatic amines is 1. The number of nitrogens with zero attached hydrogens (tertiary/aromatic N) is 1. The molecule has 0 saturated carbocycles. The highest BCUT2D eigenvalue weighted by molar-refractivity contribution is 6.33. The standard InChI is InChI=1S/C26H30ClF2N3O3/c1-16(26(33)34)15-32-13-9-18-17-5-2-3-6-20(17)31-24(18)25(32)22-19(29)7-8-21(23(22)27)35-14-12-30-11-4-10-28/h2-3,5-8,16,25,30-31H,4,9-15H2,1H3,(H,33,34). The number of nitrogens with one attached hydrogen (secondary N) is 2. The monoisotopic (exact) mass is 505 g/mol. The summed E-state index contributed by atoms with van der Waals surface area (Å²) >= 11 is 6.75. The molecule has 1 aliphatic rings. The van der Waals surface area contributed by atoms with Crippen LogP contribution in [0.3, 0.4) is 0 Å². The highest BCUT2D eigenvalue weighted by Crippen LogP contribution is 2.44. The Morgan fingerprint density at radius 2 is 2.11 bits per heavy atom. The average molecular weight is 506 g/mol. The van der Waals surface area contributed by atoms with Gasteiger partial charge in [0.15, 0.2) is 0 Å². The molecule has 3 N–H and O–H groups in total. The number of carboxylic acid groups (broad SMARTS) is 1. The van der Waals surface area contributed by atoms with Gasteiger partial charge in [0.1, 0.15) is 18.2 Å². The molecule has 2 atom stereocenters. The van der Waals surface area contributed by atoms with Crippen LogP contribution in [0, 0.1) is 11.7 Å². The van der Waals surface area contributed by atoms with Gasteiger partial charge < -0.3 is 20.1 Å². The van der Waals surface area contributed by atoms with Crippen LogP contribution in [0.1, 0.15) is 36.2 Å². The van der Waals surface area contributed by atoms with Crippen LogP contribution in [0.15, 0.2) is 36.4 Å². The normalized spacial score (nSPS) is 16.9. The lowest BCUT2D eigenvalue weighted by molar-refractivity contribution is -0.141. The van der Waals surface area contributed by atoms with E-state index >= 15 is 4.39 Å². The highest BCUT2D eigenvalue weighted by Gasteiger charge is 2.36. The van der Waals surface area contributed by atoms with Gasteiger partial charge in [-0.2, -0.15) is 0 Å². The lowest BCUT2D eigenvalue weighted by Crippen LogP contribution is -2.40. The topological polar surface area (TPSA) is 77.6 Å². The number of hydrogen-bond donors (Lipinski definition) is 3. The SMILES string of the molecule is CC(CN1CCc2c([nH]c3ccccc23)C1c1c(F)ccc(OCCNCCCF)c1Cl)C(=O)O. The molecule has 188 valence electrons. The summed E-state index contributed by atoms with van der Waals surface area (Å²) in [6, 6.07) is 10.2. The van der Waals surface area contributed by atoms with Gasteiger partial charge in [0, 0.05) is 41.8 Å². The van der Waals surface area contributed by atoms with Gasteiger partial charge >= 0.3 is 5.97 Å². The Balaban J connectivity index is 1.70. The van der Waals surface area contributed by atoms with Crippen LogP contribution in [-0.4, -0.2) is 60.4 Å². The van der Waals surface area contributed by atoms with E-state index in [1.54, 1.807) is 6.92 Å². The zero-order valence-corrected chi connectivity index (χ0v) is 20.4. The van der Waals surface area contributed by atoms with Gasteiger partial charge in [-0.25, -0.2) is 4.39 Å². The van der Waals surface area contributed by atoms with Gasteiger partial charge in [-0.3, -0.25) is 14.1 Å². The molecule has 2 unspecified atom stereocenters. The van der Waals surface area contributed by atoms with E-state index in [1.807, 2.05) is 29.2 Å². The molecule has 35 heavy (non-hydrogen) atoms. The maximum Gasteiger partial charge on any atom is 0.307 e. The van der Waals surface area contributed by atoms with Gasteiger partial charge in [-0.05, 0) is 43.1 Å². The molecular weight excluding hydrogens is 476 g/mol. The minimum absolute atomic E-state index is 0.165. The number of carboxylic acids is 1. The second-order valence-corrected chi connectivity index (χ2v) is 9.24. The minimum atomic E-state index is -0.907. The molecule has 0 spiro atoms. The Hall–Kier alpha value is -2.68. The van der Waals surface area contributed by atoms with E-state index in [-0.39, 0.29) is 23.8 Å². The average Bonchev–Trinajstić information content (AvgIpc) is 3.22. The summed E-state index contributed by atoms with van der Waals surface area (Å²) < 4.78 is 33.5. The van der Waals surface area contributed by atoms with Crippen LogP contribution in [0.5, 0.6) is 5.75 Å². The van der Waals surface area contributed by atoms with Gasteiger partial charge in [0.2, 0.25) is 0 Å². The molecule has 0 fully saturated rings. The first-order chi connectivity index (χ1) is 16.9. The van der Waals surface area contributed by atoms with Gasteiger partial charge in [0.05, 0.1) is 23.7 Å². The predicted octanol–water partition coefficient (Wildman–Crippen LogP) is 4.96. The molecular formula is C26H30ClF2N3O3. The Kier molecular flexibility index (Phi) is 8.26. The second kappa shape index (κ2) is 11.4. The number of benzene rings is 2. The van der Waals surface area contributed by atoms with E-state index in [9.17, 15) is 14.3 Å². The van der Waals surface area contributed by atoms with E-state index in [1.165, 1.54) is 12.1 Å². The summed E-state index contributed by atoms with van der Waals surface area (Å²) in [5.41, 5.74) is 3.11. The quantitative estimate of drug-likeness (QED) is 0.321. The third-order valence-electron chi connectivity index (χ3n) is 6.45. The number of para-hydroxylation sites is 1. The van der Waals surface area contributed by atoms with E-state index in [2.05, 4.69) is 10.3 Å². The molecule has 2 aromatic carbocycles. The number of fused-ring (bicyclic) bond motifs is 3. The number of alkyl halides is 1. The molecule has 3 aromatic rings. The van der Waals surface area contributed by atoms with Crippen molar-refractivity contribution in [1.82, 2.24) is 15.2 Å². The minimum Gasteiger partial charge on any atom is -0.491 e. The first-order valence-electron chi connectivity index (χ1n) is 11.9. The van der Waals surface area contributed by atoms with Crippen molar-refractivity contribution < 1.29 is 23.4 Å². The van der Waals surface area contributed by atoms with Crippen molar-refractivity contribution in [1.29, 1.82) is 0 Å². The largest absolute Gasteiger partial charge is 0.491 e. The maximum atomic E-state index is 15.4. The summed E-state index contributed by atoms with van der Waals surface area (Å²) in [5, 5.41) is 13.8. The smallest absolute Gasteiger partial charge is 0.307 e. The summed E-state index contributed by atoms with van der Waals surface area (Å²) in [6.07, 6.45) is 1.14. The fourth-order valence-electron chi connectivity index (χ4n) is 4.71. The Labute approximate surface area is 208 Å². The van der Waals surface area contributed by atoms with Crippen LogP contribution in [0.25, 0.3) is 10.9 Å². The first kappa shape index (κ1) is 25.4. The van der Waals surface area contributed by atoms with Crippen LogP contribution in [-0.2, 0) is 11.2 Å². The van der Waals surface area contributed by atoms with Crippen molar-refractivity contribution >= 4 is 28.5 Å². The van der Waals surface area contributed by atoms with E-state index in [4.69, 9.17) is 16.3 Å². The van der Waals surface area contributed by atoms with Crippen molar-refractivity contribution in [3.8, 4) is 5.75 Å². The lowest BCUT2D eigenvalue weighted by atomic mass is 9.91. The fourth-order valence-corrected chi connectivity index (χ4v) is 5.02. The highest BCUT2D eigenvalue weighted by atomic mass is 35.5. The molecule has 6 nitrogen and oxygen atoms in total. The van der Waals surface area contributed by atoms with Crippen molar-refractivity contribution in [3.63, 3.8) is 0 Å². The zero-order chi connectivity index (χ0) is 24.9. The Bertz CT molecular complexity index is 1190. The molecule has 1 aromatic heterocycles. The summed E-state index contributed by atoms with van der Waals surface area (Å²) in [4.78, 5) is 17.0. The van der Waals surface area contributed by atoms with Gasteiger partial charge in [0.25, 0.3) is 0 Å². The molecule has 0 radical (unpaired) electrons. The first-order valence-corrected chi connectivity index (χ1v) is 12.2. The summed E-state index contributed by atoms with van der Waals surface area (Å²) in [5.74, 6) is -1.67. The molecule has 1 aliphatic heterocycles. The Morgan fingerprint density at radius 1 is 1.31 bits per heavy atom. The number of aromatic nitrogens is 1. The van der Waals surface area contributed by atoms with Crippen LogP contribution in [0.4, 0.5) is 8.78 Å². The second-order valence-electron chi connectivity index (χ2n) is 8.86. The van der Waals surface area contributed by atoms with Crippen molar-refractivity contribution in [2.75, 3.05) is 39.5 Å². The molecule has 4 rings (SSSR count). The number of H-pyrrole nitrogens is 1. The van der Waals surface area contributed by atoms with E-state index in [0.29, 0.717) is 44.8 Å². The number of carbonyl (C=O) groups is 1. The predicted molar refractivity (Wildman–Crippen MR) is 133 cm³/mol. The zero-order valence-electron chi connectivity index (χ0n) is 19.6. The van der Waals surface area contributed by atoms with Gasteiger partial charge in [-0.1, -0.05) is 36.7 Å². The van der Waals surface area contributed by atoms with Crippen molar-refractivity contribution in [3.05, 3.63) is 64.1 Å². The number of aliphatic carboxylic acids is 1. The number of ether oxygens (including phenoxy) is 1. The maximum absolute atomic E-state index is 15.4. The molecule has 0 aliphatic carbocycles. The molecule has 0 saturated heterocycles. The van der Waals surface area contributed by atoms with Gasteiger partial charge in [-0.15, -0.1) is 0 Å². The fraction of sp³-hybridized carbons (Fsp3) is 0.423. The van der Waals surface area contributed by atoms with Crippen molar-refractivity contribution in [2.45, 2.75) is 25.8 Å². The van der Waals surface area contributed by atoms with E-state index in [0.717, 1.165) is 22.2 Å². The van der Waals surface area contributed by atoms with E-state index < -0.39 is 23.7 Å². The third kappa shape index (κ3) is 5.44. The third-order valence-corrected chi connectivity index (χ3v) is 6.84. The number of halogens is 3. The van der Waals surface area contributed by atoms with Crippen LogP contribution in [0.2, 0.25) is 5.02 Å². The summed E-state index contributed by atoms with van der Waals surface area (Å²) in [6.45, 7) is 3.41. The summed E-state index contributed by atoms with van der Waals surface area (Å²) in [7, 11) is 0. The number of hydrogen-bond acceptors (Lipinski definition) is 4. The molecule has 9 heteroatoms. The molecule has 0 bridgehead atoms. The van der Waals surface area contributed by atoms with Crippen LogP contribution >= 0.6 is 11.6 Å². The number of rotatable bonds is 11. The molecule has 2 heterocycles. The Morgan fingerprint density at radius 3 is 2.89 bits per heavy atom. The van der Waals surface area contributed by atoms with Crippen molar-refractivity contribution in [2.24, 2.45) is 5.92 Å². The molecule has 0 amide bonds.